The molecule has 2 heterocycles. The third kappa shape index (κ3) is 4.09. The van der Waals surface area contributed by atoms with Gasteiger partial charge in [-0.3, -0.25) is 4.79 Å². The number of anilines is 2. The number of nitrogen functional groups attached to an aromatic ring is 1. The lowest BCUT2D eigenvalue weighted by molar-refractivity contribution is 0.103. The standard InChI is InChI=1S/C27H20ClN3O2S/c1-33-18-13-11-17(12-14-18)22-15-19(16-7-3-2-4-8-16)23-24(29)25(34-27(23)31-22)26(32)30-21-10-6-5-9-20(21)28/h2-15H,29H2,1H3,(H,30,32). The Morgan fingerprint density at radius 2 is 1.68 bits per heavy atom. The van der Waals surface area contributed by atoms with Crippen LogP contribution in [0.2, 0.25) is 5.02 Å². The molecule has 7 heteroatoms. The van der Waals surface area contributed by atoms with Crippen LogP contribution in [0.25, 0.3) is 32.6 Å². The summed E-state index contributed by atoms with van der Waals surface area (Å²) in [4.78, 5) is 19.1. The summed E-state index contributed by atoms with van der Waals surface area (Å²) < 4.78 is 5.28. The van der Waals surface area contributed by atoms with Crippen molar-refractivity contribution >= 4 is 50.4 Å². The minimum absolute atomic E-state index is 0.321. The van der Waals surface area contributed by atoms with Crippen LogP contribution in [0.15, 0.2) is 84.9 Å². The lowest BCUT2D eigenvalue weighted by atomic mass is 9.99. The van der Waals surface area contributed by atoms with Crippen LogP contribution in [-0.4, -0.2) is 18.0 Å². The van der Waals surface area contributed by atoms with Crippen LogP contribution in [0.1, 0.15) is 9.67 Å². The summed E-state index contributed by atoms with van der Waals surface area (Å²) in [5.74, 6) is 0.450. The first-order chi connectivity index (χ1) is 16.5. The summed E-state index contributed by atoms with van der Waals surface area (Å²) in [6, 6.07) is 26.8. The fourth-order valence-electron chi connectivity index (χ4n) is 3.79. The number of nitrogens with one attached hydrogen (secondary N) is 1. The molecule has 0 bridgehead atoms. The molecule has 5 aromatic rings. The molecule has 0 aliphatic rings. The molecule has 0 spiro atoms. The van der Waals surface area contributed by atoms with Crippen molar-refractivity contribution in [2.24, 2.45) is 0 Å². The molecule has 0 saturated carbocycles. The maximum atomic E-state index is 13.1. The number of carbonyl (C=O) groups is 1. The number of amides is 1. The van der Waals surface area contributed by atoms with Gasteiger partial charge >= 0.3 is 0 Å². The third-order valence-corrected chi connectivity index (χ3v) is 6.93. The summed E-state index contributed by atoms with van der Waals surface area (Å²) in [7, 11) is 1.64. The van der Waals surface area contributed by atoms with Crippen molar-refractivity contribution in [1.82, 2.24) is 4.98 Å². The predicted octanol–water partition coefficient (Wildman–Crippen LogP) is 7.13. The highest BCUT2D eigenvalue weighted by Gasteiger charge is 2.22. The van der Waals surface area contributed by atoms with E-state index in [1.54, 1.807) is 19.2 Å². The molecule has 1 amide bonds. The summed E-state index contributed by atoms with van der Waals surface area (Å²) in [6.07, 6.45) is 0. The minimum Gasteiger partial charge on any atom is -0.497 e. The number of pyridine rings is 1. The first-order valence-corrected chi connectivity index (χ1v) is 11.7. The summed E-state index contributed by atoms with van der Waals surface area (Å²) in [5.41, 5.74) is 11.1. The van der Waals surface area contributed by atoms with Crippen LogP contribution >= 0.6 is 22.9 Å². The van der Waals surface area contributed by atoms with Crippen molar-refractivity contribution in [3.05, 3.63) is 94.8 Å². The number of ether oxygens (including phenoxy) is 1. The summed E-state index contributed by atoms with van der Waals surface area (Å²) in [6.45, 7) is 0. The number of nitrogens with two attached hydrogens (primary N) is 1. The van der Waals surface area contributed by atoms with E-state index >= 15 is 0 Å². The number of nitrogens with zero attached hydrogens (tertiary/aromatic N) is 1. The van der Waals surface area contributed by atoms with Gasteiger partial charge in [-0.15, -0.1) is 11.3 Å². The van der Waals surface area contributed by atoms with E-state index < -0.39 is 0 Å². The molecule has 3 aromatic carbocycles. The van der Waals surface area contributed by atoms with Crippen LogP contribution < -0.4 is 15.8 Å². The van der Waals surface area contributed by atoms with E-state index in [9.17, 15) is 4.79 Å². The zero-order chi connectivity index (χ0) is 23.7. The van der Waals surface area contributed by atoms with E-state index in [0.717, 1.165) is 33.5 Å². The number of rotatable bonds is 5. The second kappa shape index (κ2) is 9.17. The molecule has 0 aliphatic heterocycles. The Morgan fingerprint density at radius 1 is 0.971 bits per heavy atom. The molecule has 34 heavy (non-hydrogen) atoms. The Labute approximate surface area is 205 Å². The van der Waals surface area contributed by atoms with E-state index in [1.165, 1.54) is 11.3 Å². The van der Waals surface area contributed by atoms with Gasteiger partial charge in [0.15, 0.2) is 0 Å². The lowest BCUT2D eigenvalue weighted by Crippen LogP contribution is -2.12. The van der Waals surface area contributed by atoms with E-state index in [0.29, 0.717) is 26.1 Å². The largest absolute Gasteiger partial charge is 0.497 e. The fourth-order valence-corrected chi connectivity index (χ4v) is 4.98. The Hall–Kier alpha value is -3.87. The number of para-hydroxylation sites is 1. The predicted molar refractivity (Wildman–Crippen MR) is 141 cm³/mol. The van der Waals surface area contributed by atoms with Crippen molar-refractivity contribution in [3.63, 3.8) is 0 Å². The number of hydrogen-bond donors (Lipinski definition) is 2. The van der Waals surface area contributed by atoms with Gasteiger partial charge in [-0.1, -0.05) is 54.1 Å². The van der Waals surface area contributed by atoms with E-state index in [-0.39, 0.29) is 5.91 Å². The molecule has 168 valence electrons. The second-order valence-corrected chi connectivity index (χ2v) is 9.01. The molecule has 0 radical (unpaired) electrons. The first-order valence-electron chi connectivity index (χ1n) is 10.5. The molecule has 5 rings (SSSR count). The van der Waals surface area contributed by atoms with Crippen molar-refractivity contribution in [1.29, 1.82) is 0 Å². The molecule has 2 aromatic heterocycles. The highest BCUT2D eigenvalue weighted by molar-refractivity contribution is 7.21. The van der Waals surface area contributed by atoms with Gasteiger partial charge in [0.2, 0.25) is 0 Å². The minimum atomic E-state index is -0.321. The number of aromatic nitrogens is 1. The highest BCUT2D eigenvalue weighted by atomic mass is 35.5. The fraction of sp³-hybridized carbons (Fsp3) is 0.0370. The van der Waals surface area contributed by atoms with Gasteiger partial charge in [0.1, 0.15) is 15.5 Å². The van der Waals surface area contributed by atoms with Crippen LogP contribution in [0.3, 0.4) is 0 Å². The maximum absolute atomic E-state index is 13.1. The van der Waals surface area contributed by atoms with Gasteiger partial charge in [0.05, 0.1) is 29.2 Å². The van der Waals surface area contributed by atoms with E-state index in [2.05, 4.69) is 5.32 Å². The van der Waals surface area contributed by atoms with Gasteiger partial charge in [-0.2, -0.15) is 0 Å². The topological polar surface area (TPSA) is 77.2 Å². The molecule has 5 nitrogen and oxygen atoms in total. The molecule has 0 aliphatic carbocycles. The van der Waals surface area contributed by atoms with Gasteiger partial charge < -0.3 is 15.8 Å². The van der Waals surface area contributed by atoms with E-state index in [1.807, 2.05) is 72.8 Å². The number of fused-ring (bicyclic) bond motifs is 1. The second-order valence-electron chi connectivity index (χ2n) is 7.61. The van der Waals surface area contributed by atoms with Gasteiger partial charge in [0, 0.05) is 10.9 Å². The number of thiophene rings is 1. The molecule has 0 atom stereocenters. The van der Waals surface area contributed by atoms with Crippen molar-refractivity contribution < 1.29 is 9.53 Å². The maximum Gasteiger partial charge on any atom is 0.267 e. The molecular formula is C27H20ClN3O2S. The molecular weight excluding hydrogens is 466 g/mol. The number of benzene rings is 3. The van der Waals surface area contributed by atoms with Gasteiger partial charge in [-0.05, 0) is 53.6 Å². The zero-order valence-electron chi connectivity index (χ0n) is 18.2. The van der Waals surface area contributed by atoms with Crippen molar-refractivity contribution in [3.8, 4) is 28.1 Å². The zero-order valence-corrected chi connectivity index (χ0v) is 19.8. The number of halogens is 1. The normalized spacial score (nSPS) is 10.9. The Kier molecular flexibility index (Phi) is 5.92. The highest BCUT2D eigenvalue weighted by Crippen LogP contribution is 2.41. The van der Waals surface area contributed by atoms with Crippen molar-refractivity contribution in [2.75, 3.05) is 18.2 Å². The number of methoxy groups -OCH3 is 1. The average molecular weight is 486 g/mol. The smallest absolute Gasteiger partial charge is 0.267 e. The number of hydrogen-bond acceptors (Lipinski definition) is 5. The van der Waals surface area contributed by atoms with Gasteiger partial charge in [-0.25, -0.2) is 4.98 Å². The first kappa shape index (κ1) is 21.9. The lowest BCUT2D eigenvalue weighted by Gasteiger charge is -2.09. The Morgan fingerprint density at radius 3 is 2.38 bits per heavy atom. The Bertz CT molecular complexity index is 1500. The van der Waals surface area contributed by atoms with E-state index in [4.69, 9.17) is 27.1 Å². The monoisotopic (exact) mass is 485 g/mol. The molecule has 3 N–H and O–H groups in total. The summed E-state index contributed by atoms with van der Waals surface area (Å²) >= 11 is 7.49. The SMILES string of the molecule is COc1ccc(-c2cc(-c3ccccc3)c3c(N)c(C(=O)Nc4ccccc4Cl)sc3n2)cc1. The quantitative estimate of drug-likeness (QED) is 0.277. The molecule has 0 fully saturated rings. The van der Waals surface area contributed by atoms with Crippen LogP contribution in [-0.2, 0) is 0 Å². The van der Waals surface area contributed by atoms with Crippen LogP contribution in [0.4, 0.5) is 11.4 Å². The van der Waals surface area contributed by atoms with Gasteiger partial charge in [0.25, 0.3) is 5.91 Å². The third-order valence-electron chi connectivity index (χ3n) is 5.50. The average Bonchev–Trinajstić information content (AvgIpc) is 3.22. The molecule has 0 saturated heterocycles. The number of carbonyl (C=O) groups excluding carboxylic acids is 1. The van der Waals surface area contributed by atoms with Crippen LogP contribution in [0.5, 0.6) is 5.75 Å². The van der Waals surface area contributed by atoms with Crippen molar-refractivity contribution in [2.45, 2.75) is 0 Å². The summed E-state index contributed by atoms with van der Waals surface area (Å²) in [5, 5.41) is 4.08. The Balaban J connectivity index is 1.66. The molecule has 0 unspecified atom stereocenters. The van der Waals surface area contributed by atoms with Crippen LogP contribution in [0, 0.1) is 0 Å².